The molecule has 0 aliphatic rings. The van der Waals surface area contributed by atoms with Gasteiger partial charge in [0.25, 0.3) is 0 Å². The zero-order chi connectivity index (χ0) is 12.7. The van der Waals surface area contributed by atoms with E-state index in [0.29, 0.717) is 5.95 Å². The Morgan fingerprint density at radius 3 is 2.47 bits per heavy atom. The molecule has 1 aromatic rings. The van der Waals surface area contributed by atoms with Crippen LogP contribution in [0.15, 0.2) is 0 Å². The van der Waals surface area contributed by atoms with E-state index in [2.05, 4.69) is 29.1 Å². The third kappa shape index (κ3) is 4.21. The summed E-state index contributed by atoms with van der Waals surface area (Å²) in [5.74, 6) is 1.29. The van der Waals surface area contributed by atoms with Gasteiger partial charge in [-0.15, -0.1) is 0 Å². The highest BCUT2D eigenvalue weighted by Crippen LogP contribution is 2.19. The Morgan fingerprint density at radius 2 is 1.82 bits per heavy atom. The molecule has 4 heteroatoms. The number of nitrogens with one attached hydrogen (secondary N) is 1. The Labute approximate surface area is 104 Å². The molecule has 0 amide bonds. The fourth-order valence-electron chi connectivity index (χ4n) is 1.80. The van der Waals surface area contributed by atoms with Crippen LogP contribution in [-0.2, 0) is 6.42 Å². The van der Waals surface area contributed by atoms with Crippen molar-refractivity contribution in [2.45, 2.75) is 52.9 Å². The summed E-state index contributed by atoms with van der Waals surface area (Å²) in [5, 5.41) is 3.37. The zero-order valence-electron chi connectivity index (χ0n) is 11.2. The van der Waals surface area contributed by atoms with E-state index in [-0.39, 0.29) is 0 Å². The van der Waals surface area contributed by atoms with Crippen molar-refractivity contribution >= 4 is 11.8 Å². The van der Waals surface area contributed by atoms with Crippen molar-refractivity contribution in [3.8, 4) is 0 Å². The van der Waals surface area contributed by atoms with Crippen molar-refractivity contribution < 1.29 is 0 Å². The Bertz CT molecular complexity index is 350. The molecular weight excluding hydrogens is 212 g/mol. The maximum Gasteiger partial charge on any atom is 0.222 e. The van der Waals surface area contributed by atoms with Crippen LogP contribution in [0.2, 0.25) is 0 Å². The van der Waals surface area contributed by atoms with Crippen molar-refractivity contribution in [2.24, 2.45) is 0 Å². The summed E-state index contributed by atoms with van der Waals surface area (Å²) in [6, 6.07) is 0. The summed E-state index contributed by atoms with van der Waals surface area (Å²) in [4.78, 5) is 8.56. The predicted molar refractivity (Wildman–Crippen MR) is 73.2 cm³/mol. The van der Waals surface area contributed by atoms with E-state index in [4.69, 9.17) is 5.73 Å². The van der Waals surface area contributed by atoms with Crippen LogP contribution in [0.4, 0.5) is 11.8 Å². The second kappa shape index (κ2) is 7.09. The monoisotopic (exact) mass is 236 g/mol. The first-order chi connectivity index (χ1) is 8.19. The molecule has 3 N–H and O–H groups in total. The molecule has 0 saturated carbocycles. The molecule has 96 valence electrons. The minimum absolute atomic E-state index is 0.363. The Hall–Kier alpha value is -1.32. The highest BCUT2D eigenvalue weighted by atomic mass is 15.1. The van der Waals surface area contributed by atoms with Crippen molar-refractivity contribution in [3.63, 3.8) is 0 Å². The number of aryl methyl sites for hydroxylation is 1. The van der Waals surface area contributed by atoms with E-state index in [1.807, 2.05) is 6.92 Å². The van der Waals surface area contributed by atoms with Crippen LogP contribution >= 0.6 is 0 Å². The van der Waals surface area contributed by atoms with Crippen LogP contribution < -0.4 is 11.1 Å². The average Bonchev–Trinajstić information content (AvgIpc) is 2.28. The number of nitrogens with zero attached hydrogens (tertiary/aromatic N) is 2. The van der Waals surface area contributed by atoms with Gasteiger partial charge >= 0.3 is 0 Å². The van der Waals surface area contributed by atoms with Crippen LogP contribution in [0.25, 0.3) is 0 Å². The van der Waals surface area contributed by atoms with Gasteiger partial charge in [0.1, 0.15) is 5.82 Å². The molecule has 1 aromatic heterocycles. The number of aromatic nitrogens is 2. The molecule has 0 fully saturated rings. The van der Waals surface area contributed by atoms with Crippen molar-refractivity contribution in [1.82, 2.24) is 9.97 Å². The van der Waals surface area contributed by atoms with Gasteiger partial charge in [-0.2, -0.15) is 4.98 Å². The third-order valence-corrected chi connectivity index (χ3v) is 2.83. The van der Waals surface area contributed by atoms with Crippen LogP contribution in [0.5, 0.6) is 0 Å². The predicted octanol–water partition coefficient (Wildman–Crippen LogP) is 2.92. The van der Waals surface area contributed by atoms with Gasteiger partial charge in [0.15, 0.2) is 0 Å². The molecule has 0 spiro atoms. The number of hydrogen-bond donors (Lipinski definition) is 2. The van der Waals surface area contributed by atoms with Gasteiger partial charge in [-0.05, 0) is 26.2 Å². The molecule has 0 aromatic carbocycles. The van der Waals surface area contributed by atoms with E-state index < -0.39 is 0 Å². The van der Waals surface area contributed by atoms with Gasteiger partial charge in [-0.3, -0.25) is 0 Å². The molecule has 0 unspecified atom stereocenters. The van der Waals surface area contributed by atoms with Crippen LogP contribution in [0.3, 0.4) is 0 Å². The summed E-state index contributed by atoms with van der Waals surface area (Å²) < 4.78 is 0. The van der Waals surface area contributed by atoms with Crippen molar-refractivity contribution in [2.75, 3.05) is 17.6 Å². The molecule has 0 radical (unpaired) electrons. The molecule has 4 nitrogen and oxygen atoms in total. The minimum atomic E-state index is 0.363. The lowest BCUT2D eigenvalue weighted by atomic mass is 10.1. The lowest BCUT2D eigenvalue weighted by Crippen LogP contribution is -2.11. The van der Waals surface area contributed by atoms with E-state index in [0.717, 1.165) is 37.3 Å². The molecule has 1 rings (SSSR count). The number of nitrogens with two attached hydrogens (primary N) is 1. The van der Waals surface area contributed by atoms with E-state index >= 15 is 0 Å². The number of hydrogen-bond acceptors (Lipinski definition) is 4. The molecule has 0 aliphatic heterocycles. The number of nitrogen functional groups attached to an aromatic ring is 1. The minimum Gasteiger partial charge on any atom is -0.370 e. The van der Waals surface area contributed by atoms with E-state index in [9.17, 15) is 0 Å². The zero-order valence-corrected chi connectivity index (χ0v) is 11.2. The summed E-state index contributed by atoms with van der Waals surface area (Å²) >= 11 is 0. The Morgan fingerprint density at radius 1 is 1.12 bits per heavy atom. The average molecular weight is 236 g/mol. The van der Waals surface area contributed by atoms with Gasteiger partial charge in [0, 0.05) is 17.8 Å². The highest BCUT2D eigenvalue weighted by molar-refractivity contribution is 5.49. The van der Waals surface area contributed by atoms with Crippen LogP contribution in [-0.4, -0.2) is 16.5 Å². The van der Waals surface area contributed by atoms with Crippen LogP contribution in [0.1, 0.15) is 50.8 Å². The topological polar surface area (TPSA) is 63.8 Å². The fraction of sp³-hybridized carbons (Fsp3) is 0.692. The molecule has 1 heterocycles. The maximum atomic E-state index is 5.70. The van der Waals surface area contributed by atoms with Gasteiger partial charge < -0.3 is 11.1 Å². The second-order valence-corrected chi connectivity index (χ2v) is 4.38. The van der Waals surface area contributed by atoms with Gasteiger partial charge in [0.05, 0.1) is 0 Å². The quantitative estimate of drug-likeness (QED) is 0.714. The van der Waals surface area contributed by atoms with E-state index in [1.54, 1.807) is 0 Å². The number of unbranched alkanes of at least 4 members (excludes halogenated alkanes) is 2. The molecule has 0 saturated heterocycles. The van der Waals surface area contributed by atoms with Gasteiger partial charge in [-0.25, -0.2) is 4.98 Å². The standard InChI is InChI=1S/C13H24N4/c1-4-6-8-11-10(3)16-13(14)17-12(11)15-9-7-5-2/h4-9H2,1-3H3,(H3,14,15,16,17). The summed E-state index contributed by atoms with van der Waals surface area (Å²) in [7, 11) is 0. The van der Waals surface area contributed by atoms with Crippen molar-refractivity contribution in [3.05, 3.63) is 11.3 Å². The largest absolute Gasteiger partial charge is 0.370 e. The first-order valence-corrected chi connectivity index (χ1v) is 6.55. The molecule has 0 atom stereocenters. The molecule has 0 bridgehead atoms. The summed E-state index contributed by atoms with van der Waals surface area (Å²) in [6.07, 6.45) is 5.69. The molecule has 0 aliphatic carbocycles. The smallest absolute Gasteiger partial charge is 0.222 e. The van der Waals surface area contributed by atoms with Gasteiger partial charge in [0.2, 0.25) is 5.95 Å². The highest BCUT2D eigenvalue weighted by Gasteiger charge is 2.09. The summed E-state index contributed by atoms with van der Waals surface area (Å²) in [5.41, 5.74) is 7.92. The first kappa shape index (κ1) is 13.7. The number of rotatable bonds is 7. The first-order valence-electron chi connectivity index (χ1n) is 6.55. The van der Waals surface area contributed by atoms with Crippen LogP contribution in [0, 0.1) is 6.92 Å². The fourth-order valence-corrected chi connectivity index (χ4v) is 1.80. The third-order valence-electron chi connectivity index (χ3n) is 2.83. The Balaban J connectivity index is 2.82. The van der Waals surface area contributed by atoms with E-state index in [1.165, 1.54) is 18.4 Å². The second-order valence-electron chi connectivity index (χ2n) is 4.38. The SMILES string of the molecule is CCCCNc1nc(N)nc(C)c1CCCC. The lowest BCUT2D eigenvalue weighted by Gasteiger charge is -2.13. The molecule has 17 heavy (non-hydrogen) atoms. The normalized spacial score (nSPS) is 10.5. The summed E-state index contributed by atoms with van der Waals surface area (Å²) in [6.45, 7) is 7.33. The maximum absolute atomic E-state index is 5.70. The number of anilines is 2. The van der Waals surface area contributed by atoms with Gasteiger partial charge in [-0.1, -0.05) is 26.7 Å². The lowest BCUT2D eigenvalue weighted by molar-refractivity contribution is 0.777. The molecular formula is C13H24N4. The van der Waals surface area contributed by atoms with Crippen molar-refractivity contribution in [1.29, 1.82) is 0 Å². The Kier molecular flexibility index (Phi) is 5.73.